The summed E-state index contributed by atoms with van der Waals surface area (Å²) in [6.45, 7) is 2.29. The molecule has 0 fully saturated rings. The molecule has 2 aromatic heterocycles. The summed E-state index contributed by atoms with van der Waals surface area (Å²) in [6.07, 6.45) is 1.18. The Morgan fingerprint density at radius 1 is 1.11 bits per heavy atom. The lowest BCUT2D eigenvalue weighted by Crippen LogP contribution is -2.03. The van der Waals surface area contributed by atoms with Crippen molar-refractivity contribution < 1.29 is 12.8 Å². The van der Waals surface area contributed by atoms with Crippen molar-refractivity contribution in [2.75, 3.05) is 6.26 Å². The number of halogens is 1. The molecule has 0 bridgehead atoms. The molecular weight excluding hydrogens is 367 g/mol. The van der Waals surface area contributed by atoms with Gasteiger partial charge in [-0.25, -0.2) is 17.8 Å². The van der Waals surface area contributed by atoms with Gasteiger partial charge in [-0.3, -0.25) is 5.10 Å². The highest BCUT2D eigenvalue weighted by Crippen LogP contribution is 2.29. The number of benzene rings is 2. The third-order valence-electron chi connectivity index (χ3n) is 4.38. The molecule has 0 spiro atoms. The van der Waals surface area contributed by atoms with Gasteiger partial charge in [0, 0.05) is 23.7 Å². The number of hydrogen-bond donors (Lipinski definition) is 1. The maximum atomic E-state index is 13.2. The molecule has 0 aliphatic carbocycles. The molecule has 0 amide bonds. The van der Waals surface area contributed by atoms with Gasteiger partial charge < -0.3 is 4.57 Å². The summed E-state index contributed by atoms with van der Waals surface area (Å²) >= 11 is 0. The lowest BCUT2D eigenvalue weighted by molar-refractivity contribution is 0.602. The Balaban J connectivity index is 1.91. The van der Waals surface area contributed by atoms with E-state index in [1.54, 1.807) is 30.3 Å². The summed E-state index contributed by atoms with van der Waals surface area (Å²) in [6, 6.07) is 13.2. The predicted octanol–water partition coefficient (Wildman–Crippen LogP) is 3.33. The lowest BCUT2D eigenvalue weighted by atomic mass is 10.2. The van der Waals surface area contributed by atoms with E-state index in [1.165, 1.54) is 18.4 Å². The van der Waals surface area contributed by atoms with E-state index in [9.17, 15) is 12.8 Å². The quantitative estimate of drug-likeness (QED) is 0.585. The molecule has 0 aliphatic rings. The van der Waals surface area contributed by atoms with Crippen LogP contribution in [0.25, 0.3) is 22.4 Å². The summed E-state index contributed by atoms with van der Waals surface area (Å²) in [7, 11) is -3.31. The second-order valence-corrected chi connectivity index (χ2v) is 8.50. The van der Waals surface area contributed by atoms with Crippen molar-refractivity contribution in [2.45, 2.75) is 18.4 Å². The van der Waals surface area contributed by atoms with Crippen LogP contribution in [0.2, 0.25) is 0 Å². The van der Waals surface area contributed by atoms with Gasteiger partial charge in [0.05, 0.1) is 10.6 Å². The number of H-pyrrole nitrogens is 1. The largest absolute Gasteiger partial charge is 0.333 e. The molecule has 27 heavy (non-hydrogen) atoms. The standard InChI is InChI=1S/C19H17FN4O2S/c1-12-21-19(23-22-12)18-10-14-9-16(27(2,25)26)7-8-17(14)24(18)11-13-3-5-15(20)6-4-13/h3-10H,11H2,1-2H3,(H,21,22,23). The first-order valence-corrected chi connectivity index (χ1v) is 10.2. The van der Waals surface area contributed by atoms with Crippen LogP contribution < -0.4 is 0 Å². The molecule has 2 heterocycles. The van der Waals surface area contributed by atoms with Gasteiger partial charge in [0.1, 0.15) is 11.6 Å². The molecular formula is C19H17FN4O2S. The lowest BCUT2D eigenvalue weighted by Gasteiger charge is -2.10. The fourth-order valence-electron chi connectivity index (χ4n) is 3.06. The number of aromatic amines is 1. The summed E-state index contributed by atoms with van der Waals surface area (Å²) in [5.74, 6) is 0.908. The number of hydrogen-bond acceptors (Lipinski definition) is 4. The van der Waals surface area contributed by atoms with E-state index in [4.69, 9.17) is 0 Å². The highest BCUT2D eigenvalue weighted by Gasteiger charge is 2.17. The molecule has 138 valence electrons. The van der Waals surface area contributed by atoms with Gasteiger partial charge in [-0.2, -0.15) is 5.10 Å². The minimum atomic E-state index is -3.31. The average Bonchev–Trinajstić information content (AvgIpc) is 3.19. The van der Waals surface area contributed by atoms with Gasteiger partial charge >= 0.3 is 0 Å². The average molecular weight is 384 g/mol. The van der Waals surface area contributed by atoms with Crippen LogP contribution in [0.1, 0.15) is 11.4 Å². The fourth-order valence-corrected chi connectivity index (χ4v) is 3.72. The second-order valence-electron chi connectivity index (χ2n) is 6.48. The molecule has 4 aromatic rings. The summed E-state index contributed by atoms with van der Waals surface area (Å²) in [5, 5.41) is 7.83. The van der Waals surface area contributed by atoms with E-state index in [0.29, 0.717) is 18.2 Å². The van der Waals surface area contributed by atoms with E-state index >= 15 is 0 Å². The second kappa shape index (κ2) is 6.31. The number of nitrogens with one attached hydrogen (secondary N) is 1. The predicted molar refractivity (Wildman–Crippen MR) is 101 cm³/mol. The highest BCUT2D eigenvalue weighted by atomic mass is 32.2. The molecule has 0 unspecified atom stereocenters. The van der Waals surface area contributed by atoms with Crippen LogP contribution in [0.4, 0.5) is 4.39 Å². The van der Waals surface area contributed by atoms with Gasteiger partial charge in [0.2, 0.25) is 0 Å². The summed E-state index contributed by atoms with van der Waals surface area (Å²) in [4.78, 5) is 4.65. The van der Waals surface area contributed by atoms with E-state index in [0.717, 1.165) is 22.2 Å². The van der Waals surface area contributed by atoms with Crippen LogP contribution in [0.15, 0.2) is 53.4 Å². The van der Waals surface area contributed by atoms with Gasteiger partial charge in [-0.1, -0.05) is 12.1 Å². The van der Waals surface area contributed by atoms with Crippen molar-refractivity contribution in [3.8, 4) is 11.5 Å². The first-order chi connectivity index (χ1) is 12.8. The number of nitrogens with zero attached hydrogens (tertiary/aromatic N) is 3. The number of rotatable bonds is 4. The number of sulfone groups is 1. The monoisotopic (exact) mass is 384 g/mol. The molecule has 0 atom stereocenters. The van der Waals surface area contributed by atoms with Crippen LogP contribution in [-0.4, -0.2) is 34.4 Å². The van der Waals surface area contributed by atoms with E-state index < -0.39 is 9.84 Å². The van der Waals surface area contributed by atoms with E-state index in [1.807, 2.05) is 17.6 Å². The molecule has 0 aliphatic heterocycles. The van der Waals surface area contributed by atoms with Crippen molar-refractivity contribution in [3.63, 3.8) is 0 Å². The number of fused-ring (bicyclic) bond motifs is 1. The highest BCUT2D eigenvalue weighted by molar-refractivity contribution is 7.90. The van der Waals surface area contributed by atoms with Crippen LogP contribution >= 0.6 is 0 Å². The molecule has 0 saturated carbocycles. The third-order valence-corrected chi connectivity index (χ3v) is 5.49. The van der Waals surface area contributed by atoms with Crippen LogP contribution in [0, 0.1) is 12.7 Å². The van der Waals surface area contributed by atoms with Crippen molar-refractivity contribution in [1.82, 2.24) is 19.7 Å². The third kappa shape index (κ3) is 3.35. The normalized spacial score (nSPS) is 12.0. The minimum absolute atomic E-state index is 0.256. The molecule has 0 radical (unpaired) electrons. The van der Waals surface area contributed by atoms with E-state index in [2.05, 4.69) is 15.2 Å². The van der Waals surface area contributed by atoms with Crippen LogP contribution in [-0.2, 0) is 16.4 Å². The van der Waals surface area contributed by atoms with Gasteiger partial charge in [0.15, 0.2) is 15.7 Å². The molecule has 1 N–H and O–H groups in total. The molecule has 0 saturated heterocycles. The minimum Gasteiger partial charge on any atom is -0.333 e. The molecule has 8 heteroatoms. The van der Waals surface area contributed by atoms with Crippen LogP contribution in [0.5, 0.6) is 0 Å². The molecule has 2 aromatic carbocycles. The van der Waals surface area contributed by atoms with Crippen LogP contribution in [0.3, 0.4) is 0 Å². The number of aryl methyl sites for hydroxylation is 1. The summed E-state index contributed by atoms with van der Waals surface area (Å²) in [5.41, 5.74) is 2.52. The first kappa shape index (κ1) is 17.4. The number of aromatic nitrogens is 4. The molecule has 4 rings (SSSR count). The summed E-state index contributed by atoms with van der Waals surface area (Å²) < 4.78 is 39.0. The van der Waals surface area contributed by atoms with Crippen molar-refractivity contribution >= 4 is 20.7 Å². The zero-order valence-electron chi connectivity index (χ0n) is 14.8. The molecule has 6 nitrogen and oxygen atoms in total. The van der Waals surface area contributed by atoms with E-state index in [-0.39, 0.29) is 10.7 Å². The Labute approximate surface area is 155 Å². The Bertz CT molecular complexity index is 1240. The Morgan fingerprint density at radius 2 is 1.85 bits per heavy atom. The van der Waals surface area contributed by atoms with Gasteiger partial charge in [-0.05, 0) is 48.9 Å². The zero-order chi connectivity index (χ0) is 19.2. The SMILES string of the molecule is Cc1nc(-c2cc3cc(S(C)(=O)=O)ccc3n2Cc2ccc(F)cc2)n[nH]1. The Hall–Kier alpha value is -3.00. The van der Waals surface area contributed by atoms with Crippen molar-refractivity contribution in [2.24, 2.45) is 0 Å². The van der Waals surface area contributed by atoms with Gasteiger partial charge in [0.25, 0.3) is 0 Å². The van der Waals surface area contributed by atoms with Crippen molar-refractivity contribution in [1.29, 1.82) is 0 Å². The Kier molecular flexibility index (Phi) is 4.07. The van der Waals surface area contributed by atoms with Crippen molar-refractivity contribution in [3.05, 3.63) is 65.7 Å². The topological polar surface area (TPSA) is 80.6 Å². The maximum absolute atomic E-state index is 13.2. The first-order valence-electron chi connectivity index (χ1n) is 8.28. The fraction of sp³-hybridized carbons (Fsp3) is 0.158. The zero-order valence-corrected chi connectivity index (χ0v) is 15.6. The maximum Gasteiger partial charge on any atom is 0.197 e. The van der Waals surface area contributed by atoms with Gasteiger partial charge in [-0.15, -0.1) is 0 Å². The Morgan fingerprint density at radius 3 is 2.48 bits per heavy atom. The smallest absolute Gasteiger partial charge is 0.197 e.